The summed E-state index contributed by atoms with van der Waals surface area (Å²) in [4.78, 5) is 11.4. The van der Waals surface area contributed by atoms with Gasteiger partial charge in [0.15, 0.2) is 0 Å². The molecule has 0 unspecified atom stereocenters. The van der Waals surface area contributed by atoms with Crippen molar-refractivity contribution in [2.45, 2.75) is 73.3 Å². The highest BCUT2D eigenvalue weighted by molar-refractivity contribution is 5.66. The molecule has 1 rings (SSSR count). The predicted molar refractivity (Wildman–Crippen MR) is 103 cm³/mol. The van der Waals surface area contributed by atoms with Crippen molar-refractivity contribution in [1.82, 2.24) is 0 Å². The molecule has 0 aromatic rings. The van der Waals surface area contributed by atoms with Gasteiger partial charge in [-0.3, -0.25) is 4.79 Å². The molecule has 0 spiro atoms. The van der Waals surface area contributed by atoms with Gasteiger partial charge < -0.3 is 4.74 Å². The monoisotopic (exact) mass is 330 g/mol. The van der Waals surface area contributed by atoms with Gasteiger partial charge in [0.25, 0.3) is 0 Å². The SMILES string of the molecule is CC(=O)O[C@H]1/C=C(\C)CC[C@@H](C(C)C)/C=C\C(C)=C\C/C=C(\C)C1. The maximum absolute atomic E-state index is 11.4. The molecule has 24 heavy (non-hydrogen) atoms. The van der Waals surface area contributed by atoms with E-state index in [9.17, 15) is 4.79 Å². The molecule has 0 aromatic carbocycles. The van der Waals surface area contributed by atoms with Gasteiger partial charge in [0, 0.05) is 13.3 Å². The molecule has 2 atom stereocenters. The molecule has 134 valence electrons. The molecule has 0 heterocycles. The zero-order valence-electron chi connectivity index (χ0n) is 16.3. The number of allylic oxidation sites excluding steroid dienone is 6. The largest absolute Gasteiger partial charge is 0.458 e. The normalized spacial score (nSPS) is 31.7. The quantitative estimate of drug-likeness (QED) is 0.448. The molecule has 0 saturated carbocycles. The van der Waals surface area contributed by atoms with Crippen molar-refractivity contribution in [2.24, 2.45) is 11.8 Å². The molecule has 1 aliphatic rings. The Balaban J connectivity index is 3.04. The summed E-state index contributed by atoms with van der Waals surface area (Å²) in [6, 6.07) is 0. The van der Waals surface area contributed by atoms with Gasteiger partial charge in [-0.15, -0.1) is 0 Å². The first-order valence-electron chi connectivity index (χ1n) is 9.13. The fourth-order valence-corrected chi connectivity index (χ4v) is 2.98. The van der Waals surface area contributed by atoms with Crippen molar-refractivity contribution in [3.8, 4) is 0 Å². The standard InChI is InChI=1S/C22H34O2/c1-16(2)21-12-10-17(3)8-7-9-18(4)14-22(24-20(6)23)15-19(5)11-13-21/h8-10,12,15-16,21-22H,7,11,13-14H2,1-6H3/b12-10-,17-8+,18-9+,19-15+/t21-,22+/m0/s1. The highest BCUT2D eigenvalue weighted by Gasteiger charge is 2.13. The minimum absolute atomic E-state index is 0.153. The maximum Gasteiger partial charge on any atom is 0.303 e. The van der Waals surface area contributed by atoms with Crippen LogP contribution in [0.2, 0.25) is 0 Å². The molecule has 0 radical (unpaired) electrons. The minimum atomic E-state index is -0.211. The topological polar surface area (TPSA) is 26.3 Å². The Hall–Kier alpha value is -1.57. The number of esters is 1. The molecule has 0 amide bonds. The van der Waals surface area contributed by atoms with Crippen LogP contribution in [0.25, 0.3) is 0 Å². The highest BCUT2D eigenvalue weighted by Crippen LogP contribution is 2.23. The molecule has 0 saturated heterocycles. The second kappa shape index (κ2) is 10.3. The molecule has 1 aliphatic carbocycles. The molecule has 0 aromatic heterocycles. The molecular weight excluding hydrogens is 296 g/mol. The average Bonchev–Trinajstić information content (AvgIpc) is 2.45. The van der Waals surface area contributed by atoms with Crippen molar-refractivity contribution in [2.75, 3.05) is 0 Å². The zero-order chi connectivity index (χ0) is 18.1. The first-order valence-corrected chi connectivity index (χ1v) is 9.13. The van der Waals surface area contributed by atoms with E-state index >= 15 is 0 Å². The third-order valence-electron chi connectivity index (χ3n) is 4.55. The van der Waals surface area contributed by atoms with Crippen LogP contribution in [0.1, 0.15) is 67.2 Å². The number of ether oxygens (including phenoxy) is 1. The lowest BCUT2D eigenvalue weighted by atomic mass is 9.88. The van der Waals surface area contributed by atoms with Gasteiger partial charge in [0.1, 0.15) is 6.10 Å². The van der Waals surface area contributed by atoms with Crippen molar-refractivity contribution in [3.63, 3.8) is 0 Å². The number of carbonyl (C=O) groups is 1. The van der Waals surface area contributed by atoms with Gasteiger partial charge >= 0.3 is 5.97 Å². The highest BCUT2D eigenvalue weighted by atomic mass is 16.5. The molecule has 2 heteroatoms. The Labute approximate surface area is 148 Å². The van der Waals surface area contributed by atoms with Crippen LogP contribution in [0.5, 0.6) is 0 Å². The second-order valence-electron chi connectivity index (χ2n) is 7.41. The Bertz CT molecular complexity index is 532. The lowest BCUT2D eigenvalue weighted by Gasteiger charge is -2.19. The molecule has 2 nitrogen and oxygen atoms in total. The van der Waals surface area contributed by atoms with E-state index in [-0.39, 0.29) is 12.1 Å². The van der Waals surface area contributed by atoms with Crippen LogP contribution >= 0.6 is 0 Å². The molecule has 0 aliphatic heterocycles. The lowest BCUT2D eigenvalue weighted by Crippen LogP contribution is -2.15. The third kappa shape index (κ3) is 8.33. The van der Waals surface area contributed by atoms with Gasteiger partial charge in [-0.1, -0.05) is 54.9 Å². The summed E-state index contributed by atoms with van der Waals surface area (Å²) in [6.07, 6.45) is 14.9. The van der Waals surface area contributed by atoms with Gasteiger partial charge in [-0.2, -0.15) is 0 Å². The second-order valence-corrected chi connectivity index (χ2v) is 7.41. The fraction of sp³-hybridized carbons (Fsp3) is 0.591. The van der Waals surface area contributed by atoms with Crippen molar-refractivity contribution in [1.29, 1.82) is 0 Å². The summed E-state index contributed by atoms with van der Waals surface area (Å²) in [5.74, 6) is 0.988. The van der Waals surface area contributed by atoms with Crippen LogP contribution in [0.15, 0.2) is 47.1 Å². The summed E-state index contributed by atoms with van der Waals surface area (Å²) >= 11 is 0. The maximum atomic E-state index is 11.4. The number of hydrogen-bond acceptors (Lipinski definition) is 2. The van der Waals surface area contributed by atoms with Crippen LogP contribution in [-0.2, 0) is 9.53 Å². The van der Waals surface area contributed by atoms with E-state index in [1.165, 1.54) is 23.6 Å². The van der Waals surface area contributed by atoms with Crippen molar-refractivity contribution in [3.05, 3.63) is 47.1 Å². The Morgan fingerprint density at radius 1 is 1.17 bits per heavy atom. The number of rotatable bonds is 2. The molecule has 0 fully saturated rings. The van der Waals surface area contributed by atoms with Gasteiger partial charge in [-0.25, -0.2) is 0 Å². The van der Waals surface area contributed by atoms with Crippen LogP contribution in [0.4, 0.5) is 0 Å². The zero-order valence-corrected chi connectivity index (χ0v) is 16.3. The Morgan fingerprint density at radius 3 is 2.50 bits per heavy atom. The number of hydrogen-bond donors (Lipinski definition) is 0. The summed E-state index contributed by atoms with van der Waals surface area (Å²) in [5.41, 5.74) is 3.87. The summed E-state index contributed by atoms with van der Waals surface area (Å²) in [6.45, 7) is 12.5. The van der Waals surface area contributed by atoms with E-state index in [1.54, 1.807) is 0 Å². The van der Waals surface area contributed by atoms with E-state index in [4.69, 9.17) is 4.74 Å². The van der Waals surface area contributed by atoms with E-state index in [0.717, 1.165) is 25.7 Å². The van der Waals surface area contributed by atoms with Crippen LogP contribution in [0.3, 0.4) is 0 Å². The first-order chi connectivity index (χ1) is 11.3. The van der Waals surface area contributed by atoms with E-state index in [2.05, 4.69) is 65.0 Å². The molecule has 0 N–H and O–H groups in total. The van der Waals surface area contributed by atoms with E-state index < -0.39 is 0 Å². The Kier molecular flexibility index (Phi) is 8.81. The van der Waals surface area contributed by atoms with Crippen LogP contribution < -0.4 is 0 Å². The van der Waals surface area contributed by atoms with Crippen molar-refractivity contribution < 1.29 is 9.53 Å². The smallest absolute Gasteiger partial charge is 0.303 e. The van der Waals surface area contributed by atoms with Gasteiger partial charge in [0.2, 0.25) is 0 Å². The van der Waals surface area contributed by atoms with Gasteiger partial charge in [-0.05, 0) is 57.9 Å². The van der Waals surface area contributed by atoms with Crippen LogP contribution in [0, 0.1) is 11.8 Å². The van der Waals surface area contributed by atoms with Crippen molar-refractivity contribution >= 4 is 5.97 Å². The minimum Gasteiger partial charge on any atom is -0.458 e. The first kappa shape index (κ1) is 20.5. The third-order valence-corrected chi connectivity index (χ3v) is 4.55. The summed E-state index contributed by atoms with van der Waals surface area (Å²) < 4.78 is 5.50. The lowest BCUT2D eigenvalue weighted by molar-refractivity contribution is -0.144. The Morgan fingerprint density at radius 2 is 1.88 bits per heavy atom. The average molecular weight is 331 g/mol. The summed E-state index contributed by atoms with van der Waals surface area (Å²) in [7, 11) is 0. The number of carbonyl (C=O) groups excluding carboxylic acids is 1. The van der Waals surface area contributed by atoms with E-state index in [0.29, 0.717) is 11.8 Å². The van der Waals surface area contributed by atoms with E-state index in [1.807, 2.05) is 0 Å². The predicted octanol–water partition coefficient (Wildman–Crippen LogP) is 6.16. The fourth-order valence-electron chi connectivity index (χ4n) is 2.98. The van der Waals surface area contributed by atoms with Gasteiger partial charge in [0.05, 0.1) is 0 Å². The molecular formula is C22H34O2. The van der Waals surface area contributed by atoms with Crippen LogP contribution in [-0.4, -0.2) is 12.1 Å². The molecule has 0 bridgehead atoms. The summed E-state index contributed by atoms with van der Waals surface area (Å²) in [5, 5.41) is 0.